The first-order chi connectivity index (χ1) is 8.75. The van der Waals surface area contributed by atoms with Crippen LogP contribution >= 0.6 is 0 Å². The molecule has 1 aromatic carbocycles. The summed E-state index contributed by atoms with van der Waals surface area (Å²) in [5.41, 5.74) is 3.46. The number of rotatable bonds is 2. The molecule has 18 heavy (non-hydrogen) atoms. The average Bonchev–Trinajstić information content (AvgIpc) is 2.71. The van der Waals surface area contributed by atoms with Crippen LogP contribution < -0.4 is 5.32 Å². The number of carbonyl (C=O) groups excluding carboxylic acids is 2. The molecule has 4 nitrogen and oxygen atoms in total. The van der Waals surface area contributed by atoms with E-state index in [1.807, 2.05) is 12.1 Å². The predicted molar refractivity (Wildman–Crippen MR) is 68.0 cm³/mol. The number of para-hydroxylation sites is 1. The van der Waals surface area contributed by atoms with Crippen molar-refractivity contribution in [3.63, 3.8) is 0 Å². The van der Waals surface area contributed by atoms with E-state index in [0.29, 0.717) is 19.4 Å². The zero-order valence-corrected chi connectivity index (χ0v) is 10.2. The summed E-state index contributed by atoms with van der Waals surface area (Å²) in [6.45, 7) is 1.37. The second kappa shape index (κ2) is 4.44. The minimum absolute atomic E-state index is 0.0478. The van der Waals surface area contributed by atoms with Gasteiger partial charge in [0, 0.05) is 25.1 Å². The van der Waals surface area contributed by atoms with Crippen molar-refractivity contribution < 1.29 is 9.59 Å². The van der Waals surface area contributed by atoms with E-state index in [2.05, 4.69) is 11.4 Å². The Balaban J connectivity index is 1.88. The zero-order chi connectivity index (χ0) is 12.5. The van der Waals surface area contributed by atoms with Crippen molar-refractivity contribution in [2.45, 2.75) is 32.2 Å². The van der Waals surface area contributed by atoms with Crippen LogP contribution in [-0.2, 0) is 22.6 Å². The molecule has 1 fully saturated rings. The number of benzene rings is 1. The molecule has 3 rings (SSSR count). The van der Waals surface area contributed by atoms with Gasteiger partial charge in [0.25, 0.3) is 0 Å². The van der Waals surface area contributed by atoms with Crippen molar-refractivity contribution in [3.05, 3.63) is 29.3 Å². The van der Waals surface area contributed by atoms with Crippen LogP contribution in [0.1, 0.15) is 30.4 Å². The number of amides is 2. The van der Waals surface area contributed by atoms with E-state index in [1.54, 1.807) is 0 Å². The molecule has 0 saturated carbocycles. The third-order valence-corrected chi connectivity index (χ3v) is 3.65. The van der Waals surface area contributed by atoms with Gasteiger partial charge < -0.3 is 5.32 Å². The molecule has 0 spiro atoms. The highest BCUT2D eigenvalue weighted by Gasteiger charge is 2.29. The van der Waals surface area contributed by atoms with Crippen LogP contribution in [0.15, 0.2) is 18.2 Å². The predicted octanol–water partition coefficient (Wildman–Crippen LogP) is 1.69. The number of nitrogens with zero attached hydrogens (tertiary/aromatic N) is 1. The molecule has 0 aromatic heterocycles. The van der Waals surface area contributed by atoms with Gasteiger partial charge in [0.05, 0.1) is 6.54 Å². The van der Waals surface area contributed by atoms with Crippen molar-refractivity contribution in [3.8, 4) is 0 Å². The fourth-order valence-electron chi connectivity index (χ4n) is 2.68. The topological polar surface area (TPSA) is 49.4 Å². The maximum absolute atomic E-state index is 11.6. The minimum atomic E-state index is -0.0478. The molecule has 1 aromatic rings. The van der Waals surface area contributed by atoms with Crippen molar-refractivity contribution >= 4 is 17.5 Å². The fourth-order valence-corrected chi connectivity index (χ4v) is 2.68. The molecule has 94 valence electrons. The van der Waals surface area contributed by atoms with Gasteiger partial charge >= 0.3 is 0 Å². The Kier molecular flexibility index (Phi) is 2.78. The molecule has 2 heterocycles. The van der Waals surface area contributed by atoms with Gasteiger partial charge in [-0.1, -0.05) is 18.2 Å². The average molecular weight is 244 g/mol. The molecule has 1 N–H and O–H groups in total. The SMILES string of the molecule is O=C1CCC(=O)N1Cc1cccc2c1NCCC2. The summed E-state index contributed by atoms with van der Waals surface area (Å²) in [5.74, 6) is -0.0955. The van der Waals surface area contributed by atoms with Crippen LogP contribution in [0.25, 0.3) is 0 Å². The van der Waals surface area contributed by atoms with Gasteiger partial charge in [-0.25, -0.2) is 0 Å². The van der Waals surface area contributed by atoms with Crippen molar-refractivity contribution in [2.24, 2.45) is 0 Å². The minimum Gasteiger partial charge on any atom is -0.385 e. The lowest BCUT2D eigenvalue weighted by Gasteiger charge is -2.23. The second-order valence-electron chi connectivity index (χ2n) is 4.86. The molecule has 2 amide bonds. The van der Waals surface area contributed by atoms with Crippen LogP contribution in [0.5, 0.6) is 0 Å². The quantitative estimate of drug-likeness (QED) is 0.805. The second-order valence-corrected chi connectivity index (χ2v) is 4.86. The van der Waals surface area contributed by atoms with Crippen molar-refractivity contribution in [1.29, 1.82) is 0 Å². The summed E-state index contributed by atoms with van der Waals surface area (Å²) in [7, 11) is 0. The Morgan fingerprint density at radius 1 is 1.11 bits per heavy atom. The summed E-state index contributed by atoms with van der Waals surface area (Å²) in [6, 6.07) is 6.11. The summed E-state index contributed by atoms with van der Waals surface area (Å²) < 4.78 is 0. The number of likely N-dealkylation sites (tertiary alicyclic amines) is 1. The number of hydrogen-bond acceptors (Lipinski definition) is 3. The molecule has 0 aliphatic carbocycles. The van der Waals surface area contributed by atoms with E-state index in [1.165, 1.54) is 10.5 Å². The molecule has 0 atom stereocenters. The molecule has 0 bridgehead atoms. The molecular weight excluding hydrogens is 228 g/mol. The Labute approximate surface area is 106 Å². The number of imide groups is 1. The smallest absolute Gasteiger partial charge is 0.229 e. The third kappa shape index (κ3) is 1.88. The number of carbonyl (C=O) groups is 2. The normalized spacial score (nSPS) is 18.8. The monoisotopic (exact) mass is 244 g/mol. The standard InChI is InChI=1S/C14H16N2O2/c17-12-6-7-13(18)16(12)9-11-4-1-3-10-5-2-8-15-14(10)11/h1,3-4,15H,2,5-9H2. The van der Waals surface area contributed by atoms with Gasteiger partial charge in [-0.2, -0.15) is 0 Å². The molecule has 2 aliphatic rings. The lowest BCUT2D eigenvalue weighted by atomic mass is 9.99. The molecule has 2 aliphatic heterocycles. The van der Waals surface area contributed by atoms with E-state index < -0.39 is 0 Å². The third-order valence-electron chi connectivity index (χ3n) is 3.65. The van der Waals surface area contributed by atoms with Crippen LogP contribution in [0.2, 0.25) is 0 Å². The Morgan fingerprint density at radius 3 is 2.67 bits per heavy atom. The van der Waals surface area contributed by atoms with Gasteiger partial charge in [0.2, 0.25) is 11.8 Å². The number of aryl methyl sites for hydroxylation is 1. The summed E-state index contributed by atoms with van der Waals surface area (Å²) >= 11 is 0. The van der Waals surface area contributed by atoms with Gasteiger partial charge in [0.15, 0.2) is 0 Å². The molecule has 4 heteroatoms. The molecule has 0 radical (unpaired) electrons. The highest BCUT2D eigenvalue weighted by Crippen LogP contribution is 2.28. The molecule has 1 saturated heterocycles. The fraction of sp³-hybridized carbons (Fsp3) is 0.429. The van der Waals surface area contributed by atoms with Gasteiger partial charge in [0.1, 0.15) is 0 Å². The van der Waals surface area contributed by atoms with E-state index in [4.69, 9.17) is 0 Å². The van der Waals surface area contributed by atoms with E-state index in [0.717, 1.165) is 30.6 Å². The Hall–Kier alpha value is -1.84. The summed E-state index contributed by atoms with van der Waals surface area (Å²) in [4.78, 5) is 24.7. The van der Waals surface area contributed by atoms with Crippen LogP contribution in [0, 0.1) is 0 Å². The van der Waals surface area contributed by atoms with Crippen molar-refractivity contribution in [2.75, 3.05) is 11.9 Å². The molecule has 0 unspecified atom stereocenters. The highest BCUT2D eigenvalue weighted by molar-refractivity contribution is 6.01. The maximum atomic E-state index is 11.6. The highest BCUT2D eigenvalue weighted by atomic mass is 16.2. The van der Waals surface area contributed by atoms with Crippen molar-refractivity contribution in [1.82, 2.24) is 4.90 Å². The first kappa shape index (κ1) is 11.3. The van der Waals surface area contributed by atoms with E-state index in [-0.39, 0.29) is 11.8 Å². The van der Waals surface area contributed by atoms with Crippen LogP contribution in [-0.4, -0.2) is 23.3 Å². The van der Waals surface area contributed by atoms with E-state index in [9.17, 15) is 9.59 Å². The van der Waals surface area contributed by atoms with Gasteiger partial charge in [-0.05, 0) is 24.0 Å². The van der Waals surface area contributed by atoms with Gasteiger partial charge in [-0.3, -0.25) is 14.5 Å². The largest absolute Gasteiger partial charge is 0.385 e. The summed E-state index contributed by atoms with van der Waals surface area (Å²) in [5, 5.41) is 3.39. The number of fused-ring (bicyclic) bond motifs is 1. The number of anilines is 1. The zero-order valence-electron chi connectivity index (χ0n) is 10.2. The number of nitrogens with one attached hydrogen (secondary N) is 1. The Morgan fingerprint density at radius 2 is 1.89 bits per heavy atom. The Bertz CT molecular complexity index is 495. The van der Waals surface area contributed by atoms with Crippen LogP contribution in [0.4, 0.5) is 5.69 Å². The lowest BCUT2D eigenvalue weighted by Crippen LogP contribution is -2.29. The lowest BCUT2D eigenvalue weighted by molar-refractivity contribution is -0.139. The maximum Gasteiger partial charge on any atom is 0.229 e. The molecular formula is C14H16N2O2. The first-order valence-corrected chi connectivity index (χ1v) is 6.43. The number of hydrogen-bond donors (Lipinski definition) is 1. The van der Waals surface area contributed by atoms with Gasteiger partial charge in [-0.15, -0.1) is 0 Å². The van der Waals surface area contributed by atoms with E-state index >= 15 is 0 Å². The summed E-state index contributed by atoms with van der Waals surface area (Å²) in [6.07, 6.45) is 2.93. The van der Waals surface area contributed by atoms with Crippen LogP contribution in [0.3, 0.4) is 0 Å². The first-order valence-electron chi connectivity index (χ1n) is 6.43.